The molecule has 0 amide bonds. The van der Waals surface area contributed by atoms with Crippen molar-refractivity contribution in [2.24, 2.45) is 0 Å². The van der Waals surface area contributed by atoms with Gasteiger partial charge in [0, 0.05) is 31.0 Å². The molecule has 10 heteroatoms. The Morgan fingerprint density at radius 1 is 1.13 bits per heavy atom. The van der Waals surface area contributed by atoms with E-state index in [1.54, 1.807) is 30.5 Å². The van der Waals surface area contributed by atoms with Gasteiger partial charge < -0.3 is 19.9 Å². The molecular weight excluding hydrogens is 411 g/mol. The van der Waals surface area contributed by atoms with E-state index in [0.29, 0.717) is 48.8 Å². The van der Waals surface area contributed by atoms with Gasteiger partial charge in [0.15, 0.2) is 0 Å². The molecule has 1 aromatic carbocycles. The summed E-state index contributed by atoms with van der Waals surface area (Å²) in [5, 5.41) is 2.99. The molecule has 7 nitrogen and oxygen atoms in total. The van der Waals surface area contributed by atoms with Crippen molar-refractivity contribution in [3.05, 3.63) is 59.1 Å². The Morgan fingerprint density at radius 3 is 2.58 bits per heavy atom. The Bertz CT molecular complexity index is 1080. The molecule has 0 atom stereocenters. The number of rotatable bonds is 6. The largest absolute Gasteiger partial charge is 0.435 e. The number of ether oxygens (including phenoxy) is 1. The van der Waals surface area contributed by atoms with Crippen molar-refractivity contribution in [2.45, 2.75) is 25.6 Å². The van der Waals surface area contributed by atoms with Crippen LogP contribution >= 0.6 is 0 Å². The minimum atomic E-state index is -2.89. The topological polar surface area (TPSA) is 83.1 Å². The fraction of sp³-hybridized carbons (Fsp3) is 0.286. The van der Waals surface area contributed by atoms with Crippen LogP contribution in [0, 0.1) is 0 Å². The minimum Gasteiger partial charge on any atom is -0.435 e. The Labute approximate surface area is 175 Å². The van der Waals surface area contributed by atoms with E-state index in [-0.39, 0.29) is 17.0 Å². The Kier molecular flexibility index (Phi) is 6.06. The molecule has 2 aromatic heterocycles. The van der Waals surface area contributed by atoms with Gasteiger partial charge in [0.2, 0.25) is 5.95 Å². The van der Waals surface area contributed by atoms with Gasteiger partial charge in [0.1, 0.15) is 23.4 Å². The molecule has 0 radical (unpaired) electrons. The average Bonchev–Trinajstić information content (AvgIpc) is 2.76. The summed E-state index contributed by atoms with van der Waals surface area (Å²) >= 11 is 0. The number of piperidine rings is 1. The maximum absolute atomic E-state index is 13.4. The molecule has 1 aliphatic heterocycles. The van der Waals surface area contributed by atoms with Gasteiger partial charge in [-0.2, -0.15) is 13.8 Å². The van der Waals surface area contributed by atoms with E-state index < -0.39 is 12.8 Å². The van der Waals surface area contributed by atoms with Crippen molar-refractivity contribution in [3.63, 3.8) is 0 Å². The molecule has 1 aliphatic rings. The second-order valence-corrected chi connectivity index (χ2v) is 7.06. The van der Waals surface area contributed by atoms with E-state index in [9.17, 15) is 18.0 Å². The summed E-state index contributed by atoms with van der Waals surface area (Å²) < 4.78 is 42.4. The van der Waals surface area contributed by atoms with Gasteiger partial charge in [-0.1, -0.05) is 12.1 Å². The Morgan fingerprint density at radius 2 is 1.87 bits per heavy atom. The summed E-state index contributed by atoms with van der Waals surface area (Å²) in [6.45, 7) is -1.83. The van der Waals surface area contributed by atoms with Crippen LogP contribution in [-0.4, -0.2) is 40.8 Å². The van der Waals surface area contributed by atoms with Crippen LogP contribution in [0.2, 0.25) is 0 Å². The Hall–Kier alpha value is -3.56. The molecule has 162 valence electrons. The highest BCUT2D eigenvalue weighted by Crippen LogP contribution is 2.25. The Balaban J connectivity index is 1.53. The first-order chi connectivity index (χ1) is 15.0. The van der Waals surface area contributed by atoms with Crippen LogP contribution in [0.15, 0.2) is 53.6 Å². The molecule has 3 aromatic rings. The number of nitrogens with one attached hydrogen (secondary N) is 2. The minimum absolute atomic E-state index is 0.0480. The molecule has 0 unspecified atom stereocenters. The number of benzene rings is 1. The van der Waals surface area contributed by atoms with Crippen molar-refractivity contribution in [2.75, 3.05) is 23.3 Å². The highest BCUT2D eigenvalue weighted by atomic mass is 19.3. The lowest BCUT2D eigenvalue weighted by Gasteiger charge is -2.28. The lowest BCUT2D eigenvalue weighted by molar-refractivity contribution is -0.0498. The van der Waals surface area contributed by atoms with Crippen molar-refractivity contribution in [3.8, 4) is 16.9 Å². The molecule has 0 spiro atoms. The molecule has 31 heavy (non-hydrogen) atoms. The number of anilines is 3. The van der Waals surface area contributed by atoms with Gasteiger partial charge >= 0.3 is 6.61 Å². The zero-order valence-electron chi connectivity index (χ0n) is 16.4. The summed E-state index contributed by atoms with van der Waals surface area (Å²) in [6, 6.07) is 9.36. The van der Waals surface area contributed by atoms with E-state index >= 15 is 0 Å². The fourth-order valence-corrected chi connectivity index (χ4v) is 3.33. The van der Waals surface area contributed by atoms with Gasteiger partial charge in [0.25, 0.3) is 5.56 Å². The second-order valence-electron chi connectivity index (χ2n) is 7.06. The van der Waals surface area contributed by atoms with Crippen LogP contribution in [0.5, 0.6) is 5.75 Å². The van der Waals surface area contributed by atoms with Crippen molar-refractivity contribution in [1.29, 1.82) is 0 Å². The first-order valence-corrected chi connectivity index (χ1v) is 9.75. The molecule has 0 saturated carbocycles. The predicted molar refractivity (Wildman–Crippen MR) is 111 cm³/mol. The molecule has 3 heterocycles. The van der Waals surface area contributed by atoms with Crippen LogP contribution < -0.4 is 20.5 Å². The van der Waals surface area contributed by atoms with Crippen molar-refractivity contribution in [1.82, 2.24) is 15.0 Å². The van der Waals surface area contributed by atoms with Crippen molar-refractivity contribution < 1.29 is 17.9 Å². The lowest BCUT2D eigenvalue weighted by atomic mass is 10.1. The molecule has 0 bridgehead atoms. The summed E-state index contributed by atoms with van der Waals surface area (Å²) in [5.74, 6) is 0.946. The van der Waals surface area contributed by atoms with Gasteiger partial charge in [-0.25, -0.2) is 9.37 Å². The normalized spacial score (nSPS) is 14.6. The third-order valence-electron chi connectivity index (χ3n) is 4.93. The van der Waals surface area contributed by atoms with Gasteiger partial charge in [-0.3, -0.25) is 4.79 Å². The molecule has 1 saturated heterocycles. The third-order valence-corrected chi connectivity index (χ3v) is 4.93. The fourth-order valence-electron chi connectivity index (χ4n) is 3.33. The van der Waals surface area contributed by atoms with Crippen LogP contribution in [-0.2, 0) is 0 Å². The third kappa shape index (κ3) is 5.14. The number of halogens is 3. The first-order valence-electron chi connectivity index (χ1n) is 9.75. The number of alkyl halides is 3. The average molecular weight is 431 g/mol. The van der Waals surface area contributed by atoms with Gasteiger partial charge in [0.05, 0.1) is 0 Å². The van der Waals surface area contributed by atoms with Crippen molar-refractivity contribution >= 4 is 17.5 Å². The number of pyridine rings is 1. The molecule has 1 fully saturated rings. The van der Waals surface area contributed by atoms with Crippen LogP contribution in [0.1, 0.15) is 12.8 Å². The van der Waals surface area contributed by atoms with E-state index in [1.165, 1.54) is 18.3 Å². The smallest absolute Gasteiger partial charge is 0.387 e. The van der Waals surface area contributed by atoms with Gasteiger partial charge in [-0.05, 0) is 42.7 Å². The zero-order valence-corrected chi connectivity index (χ0v) is 16.4. The van der Waals surface area contributed by atoms with Crippen LogP contribution in [0.3, 0.4) is 0 Å². The van der Waals surface area contributed by atoms with E-state index in [2.05, 4.69) is 25.0 Å². The molecule has 0 aliphatic carbocycles. The monoisotopic (exact) mass is 431 g/mol. The number of hydrogen-bond acceptors (Lipinski definition) is 6. The van der Waals surface area contributed by atoms with Crippen LogP contribution in [0.4, 0.5) is 30.6 Å². The summed E-state index contributed by atoms with van der Waals surface area (Å²) in [7, 11) is 0. The number of aromatic nitrogens is 3. The summed E-state index contributed by atoms with van der Waals surface area (Å²) in [6.07, 6.45) is 3.18. The highest BCUT2D eigenvalue weighted by Gasteiger charge is 2.20. The zero-order chi connectivity index (χ0) is 21.8. The number of nitrogens with zero attached hydrogens (tertiary/aromatic N) is 3. The number of hydrogen-bond donors (Lipinski definition) is 2. The van der Waals surface area contributed by atoms with Gasteiger partial charge in [-0.15, -0.1) is 0 Å². The quantitative estimate of drug-likeness (QED) is 0.611. The number of H-pyrrole nitrogens is 1. The SMILES string of the molecule is O=c1[nH]cc(-c2ccc(OC(F)F)cc2)cc1Nc1ccnc(N2CCC(F)CC2)n1. The molecular formula is C21H20F3N5O2. The number of aromatic amines is 1. The van der Waals surface area contributed by atoms with E-state index in [0.717, 1.165) is 0 Å². The maximum atomic E-state index is 13.4. The molecule has 4 rings (SSSR count). The maximum Gasteiger partial charge on any atom is 0.387 e. The lowest BCUT2D eigenvalue weighted by Crippen LogP contribution is -2.35. The van der Waals surface area contributed by atoms with E-state index in [1.807, 2.05) is 4.90 Å². The highest BCUT2D eigenvalue weighted by molar-refractivity contribution is 5.69. The standard InChI is InChI=1S/C21H20F3N5O2/c22-15-6-9-29(10-7-15)21-25-8-5-18(28-21)27-17-11-14(12-26-19(17)30)13-1-3-16(4-2-13)31-20(23)24/h1-5,8,11-12,15,20H,6-7,9-10H2,(H,26,30)(H,25,27,28). The summed E-state index contributed by atoms with van der Waals surface area (Å²) in [4.78, 5) is 25.5. The second kappa shape index (κ2) is 9.07. The predicted octanol–water partition coefficient (Wildman–Crippen LogP) is 4.12. The molecule has 2 N–H and O–H groups in total. The first kappa shape index (κ1) is 20.7. The van der Waals surface area contributed by atoms with Crippen LogP contribution in [0.25, 0.3) is 11.1 Å². The van der Waals surface area contributed by atoms with E-state index in [4.69, 9.17) is 0 Å². The summed E-state index contributed by atoms with van der Waals surface area (Å²) in [5.41, 5.74) is 1.29.